The number of aromatic carboxylic acids is 1. The fraction of sp³-hybridized carbons (Fsp3) is 0.294. The molecule has 3 rings (SSSR count). The lowest BCUT2D eigenvalue weighted by molar-refractivity contribution is -0.255. The molecule has 0 atom stereocenters. The predicted molar refractivity (Wildman–Crippen MR) is 84.2 cm³/mol. The average molecular weight is 296 g/mol. The van der Waals surface area contributed by atoms with Crippen molar-refractivity contribution in [1.82, 2.24) is 4.57 Å². The van der Waals surface area contributed by atoms with Gasteiger partial charge in [-0.15, -0.1) is 0 Å². The van der Waals surface area contributed by atoms with Gasteiger partial charge in [0.15, 0.2) is 0 Å². The van der Waals surface area contributed by atoms with E-state index >= 15 is 0 Å². The minimum Gasteiger partial charge on any atom is -0.545 e. The van der Waals surface area contributed by atoms with Crippen molar-refractivity contribution in [2.75, 3.05) is 5.43 Å². The van der Waals surface area contributed by atoms with Gasteiger partial charge in [0.25, 0.3) is 0 Å². The van der Waals surface area contributed by atoms with Crippen molar-refractivity contribution >= 4 is 17.9 Å². The number of rotatable bonds is 5. The first-order valence-corrected chi connectivity index (χ1v) is 7.35. The molecule has 0 radical (unpaired) electrons. The maximum atomic E-state index is 10.7. The quantitative estimate of drug-likeness (QED) is 0.679. The second kappa shape index (κ2) is 5.67. The molecule has 1 aliphatic carbocycles. The van der Waals surface area contributed by atoms with Crippen LogP contribution >= 0.6 is 0 Å². The highest BCUT2D eigenvalue weighted by Gasteiger charge is 2.26. The van der Waals surface area contributed by atoms with E-state index in [0.29, 0.717) is 6.04 Å². The van der Waals surface area contributed by atoms with Gasteiger partial charge in [-0.3, -0.25) is 5.43 Å². The minimum absolute atomic E-state index is 0.155. The molecule has 1 aliphatic rings. The summed E-state index contributed by atoms with van der Waals surface area (Å²) in [6.45, 7) is 4.23. The van der Waals surface area contributed by atoms with E-state index in [1.54, 1.807) is 18.3 Å². The van der Waals surface area contributed by atoms with Crippen LogP contribution in [0.25, 0.3) is 0 Å². The molecule has 1 fully saturated rings. The Hall–Kier alpha value is -2.56. The standard InChI is InChI=1S/C17H19N3O2/c1-11-9-14(12(2)20(11)16-7-8-16)10-18-19-15-5-3-13(4-6-15)17(21)22/h3-6,9-10,16,19H,7-8H2,1-2H3,(H,21,22)/p-1/b18-10-. The van der Waals surface area contributed by atoms with E-state index < -0.39 is 5.97 Å². The summed E-state index contributed by atoms with van der Waals surface area (Å²) in [6, 6.07) is 9.11. The third-order valence-electron chi connectivity index (χ3n) is 3.95. The van der Waals surface area contributed by atoms with Gasteiger partial charge in [0.1, 0.15) is 0 Å². The molecule has 1 heterocycles. The Bertz CT molecular complexity index is 725. The van der Waals surface area contributed by atoms with Crippen LogP contribution in [0, 0.1) is 13.8 Å². The number of hydrogen-bond acceptors (Lipinski definition) is 4. The van der Waals surface area contributed by atoms with E-state index in [4.69, 9.17) is 0 Å². The molecule has 0 amide bonds. The summed E-state index contributed by atoms with van der Waals surface area (Å²) < 4.78 is 2.37. The van der Waals surface area contributed by atoms with Crippen molar-refractivity contribution in [1.29, 1.82) is 0 Å². The van der Waals surface area contributed by atoms with Crippen molar-refractivity contribution < 1.29 is 9.90 Å². The van der Waals surface area contributed by atoms with Crippen LogP contribution in [-0.4, -0.2) is 16.8 Å². The monoisotopic (exact) mass is 296 g/mol. The lowest BCUT2D eigenvalue weighted by Crippen LogP contribution is -2.21. The second-order valence-corrected chi connectivity index (χ2v) is 5.66. The maximum Gasteiger partial charge on any atom is 0.0715 e. The number of aryl methyl sites for hydroxylation is 1. The van der Waals surface area contributed by atoms with E-state index in [1.165, 1.54) is 36.4 Å². The van der Waals surface area contributed by atoms with Crippen molar-refractivity contribution in [2.24, 2.45) is 5.10 Å². The van der Waals surface area contributed by atoms with Gasteiger partial charge in [0.2, 0.25) is 0 Å². The highest BCUT2D eigenvalue weighted by molar-refractivity contribution is 5.86. The molecule has 1 saturated carbocycles. The molecular formula is C17H18N3O2-. The van der Waals surface area contributed by atoms with Crippen LogP contribution in [0.3, 0.4) is 0 Å². The number of nitrogens with zero attached hydrogens (tertiary/aromatic N) is 2. The van der Waals surface area contributed by atoms with E-state index in [-0.39, 0.29) is 5.56 Å². The number of carboxylic acids is 1. The van der Waals surface area contributed by atoms with Crippen molar-refractivity contribution in [3.63, 3.8) is 0 Å². The van der Waals surface area contributed by atoms with Crippen LogP contribution < -0.4 is 10.5 Å². The molecule has 114 valence electrons. The third kappa shape index (κ3) is 2.88. The number of hydrazone groups is 1. The second-order valence-electron chi connectivity index (χ2n) is 5.66. The summed E-state index contributed by atoms with van der Waals surface area (Å²) >= 11 is 0. The summed E-state index contributed by atoms with van der Waals surface area (Å²) in [6.07, 6.45) is 4.32. The third-order valence-corrected chi connectivity index (χ3v) is 3.95. The number of hydrogen-bond donors (Lipinski definition) is 1. The van der Waals surface area contributed by atoms with Gasteiger partial charge in [0, 0.05) is 23.0 Å². The van der Waals surface area contributed by atoms with Gasteiger partial charge >= 0.3 is 0 Å². The summed E-state index contributed by atoms with van der Waals surface area (Å²) in [4.78, 5) is 10.7. The zero-order valence-corrected chi connectivity index (χ0v) is 12.7. The van der Waals surface area contributed by atoms with Crippen molar-refractivity contribution in [3.05, 3.63) is 52.8 Å². The van der Waals surface area contributed by atoms with Crippen LogP contribution in [0.4, 0.5) is 5.69 Å². The van der Waals surface area contributed by atoms with E-state index in [9.17, 15) is 9.90 Å². The van der Waals surface area contributed by atoms with Crippen LogP contribution in [-0.2, 0) is 0 Å². The average Bonchev–Trinajstić information content (AvgIpc) is 3.27. The molecule has 1 aromatic heterocycles. The predicted octanol–water partition coefficient (Wildman–Crippen LogP) is 2.25. The van der Waals surface area contributed by atoms with Gasteiger partial charge in [-0.25, -0.2) is 0 Å². The highest BCUT2D eigenvalue weighted by Crippen LogP contribution is 2.38. The Morgan fingerprint density at radius 1 is 1.32 bits per heavy atom. The molecular weight excluding hydrogens is 278 g/mol. The summed E-state index contributed by atoms with van der Waals surface area (Å²) in [7, 11) is 0. The van der Waals surface area contributed by atoms with Crippen LogP contribution in [0.2, 0.25) is 0 Å². The Kier molecular flexibility index (Phi) is 3.71. The SMILES string of the molecule is Cc1cc(/C=N\Nc2ccc(C(=O)[O-])cc2)c(C)n1C1CC1. The number of carbonyl (C=O) groups excluding carboxylic acids is 1. The molecule has 1 aromatic carbocycles. The summed E-state index contributed by atoms with van der Waals surface area (Å²) in [5, 5.41) is 14.9. The van der Waals surface area contributed by atoms with E-state index in [2.05, 4.69) is 35.0 Å². The molecule has 5 heteroatoms. The van der Waals surface area contributed by atoms with Crippen LogP contribution in [0.5, 0.6) is 0 Å². The van der Waals surface area contributed by atoms with Gasteiger partial charge in [-0.05, 0) is 50.5 Å². The summed E-state index contributed by atoms with van der Waals surface area (Å²) in [5.41, 5.74) is 7.39. The molecule has 0 bridgehead atoms. The number of aromatic nitrogens is 1. The number of anilines is 1. The summed E-state index contributed by atoms with van der Waals surface area (Å²) in [5.74, 6) is -1.18. The maximum absolute atomic E-state index is 10.7. The molecule has 1 N–H and O–H groups in total. The topological polar surface area (TPSA) is 69.4 Å². The first-order chi connectivity index (χ1) is 10.6. The fourth-order valence-corrected chi connectivity index (χ4v) is 2.69. The first kappa shape index (κ1) is 14.4. The Balaban J connectivity index is 1.69. The number of benzene rings is 1. The van der Waals surface area contributed by atoms with E-state index in [0.717, 1.165) is 11.3 Å². The largest absolute Gasteiger partial charge is 0.545 e. The highest BCUT2D eigenvalue weighted by atomic mass is 16.4. The lowest BCUT2D eigenvalue weighted by Gasteiger charge is -2.06. The van der Waals surface area contributed by atoms with Crippen molar-refractivity contribution in [2.45, 2.75) is 32.7 Å². The number of carbonyl (C=O) groups is 1. The van der Waals surface area contributed by atoms with Crippen LogP contribution in [0.1, 0.15) is 46.2 Å². The molecule has 0 saturated heterocycles. The number of nitrogens with one attached hydrogen (secondary N) is 1. The molecule has 2 aromatic rings. The van der Waals surface area contributed by atoms with Gasteiger partial charge < -0.3 is 14.5 Å². The smallest absolute Gasteiger partial charge is 0.0715 e. The Morgan fingerprint density at radius 2 is 2.00 bits per heavy atom. The molecule has 22 heavy (non-hydrogen) atoms. The Labute approximate surface area is 129 Å². The van der Waals surface area contributed by atoms with Gasteiger partial charge in [0.05, 0.1) is 17.9 Å². The number of carboxylic acid groups (broad SMARTS) is 1. The molecule has 5 nitrogen and oxygen atoms in total. The van der Waals surface area contributed by atoms with E-state index in [1.807, 2.05) is 0 Å². The van der Waals surface area contributed by atoms with Gasteiger partial charge in [-0.2, -0.15) is 5.10 Å². The molecule has 0 spiro atoms. The zero-order chi connectivity index (χ0) is 15.7. The Morgan fingerprint density at radius 3 is 2.59 bits per heavy atom. The van der Waals surface area contributed by atoms with Crippen LogP contribution in [0.15, 0.2) is 35.4 Å². The van der Waals surface area contributed by atoms with Crippen molar-refractivity contribution in [3.8, 4) is 0 Å². The normalized spacial score (nSPS) is 14.5. The molecule has 0 aliphatic heterocycles. The molecule has 0 unspecified atom stereocenters. The zero-order valence-electron chi connectivity index (χ0n) is 12.7. The first-order valence-electron chi connectivity index (χ1n) is 7.35. The minimum atomic E-state index is -1.18. The van der Waals surface area contributed by atoms with Gasteiger partial charge in [-0.1, -0.05) is 12.1 Å². The fourth-order valence-electron chi connectivity index (χ4n) is 2.69. The lowest BCUT2D eigenvalue weighted by atomic mass is 10.2.